The molecule has 0 aromatic heterocycles. The van der Waals surface area contributed by atoms with Gasteiger partial charge in [-0.15, -0.1) is 0 Å². The van der Waals surface area contributed by atoms with Crippen molar-refractivity contribution < 1.29 is 23.8 Å². The zero-order chi connectivity index (χ0) is 28.3. The maximum atomic E-state index is 11.4. The molecule has 1 unspecified atom stereocenters. The molecule has 2 aromatic carbocycles. The van der Waals surface area contributed by atoms with Crippen molar-refractivity contribution in [2.24, 2.45) is 5.92 Å². The number of benzene rings is 2. The van der Waals surface area contributed by atoms with E-state index < -0.39 is 22.7 Å². The molecule has 1 saturated carbocycles. The number of aliphatic hydroxyl groups is 1. The first-order valence-electron chi connectivity index (χ1n) is 13.8. The van der Waals surface area contributed by atoms with E-state index in [-0.39, 0.29) is 28.4 Å². The van der Waals surface area contributed by atoms with Crippen LogP contribution in [0, 0.1) is 5.92 Å². The van der Waals surface area contributed by atoms with Crippen molar-refractivity contribution in [2.45, 2.75) is 96.8 Å². The van der Waals surface area contributed by atoms with E-state index in [0.717, 1.165) is 41.1 Å². The van der Waals surface area contributed by atoms with Gasteiger partial charge in [-0.05, 0) is 84.9 Å². The largest absolute Gasteiger partial charge is 0.543 e. The predicted octanol–water partition coefficient (Wildman–Crippen LogP) is 8.23. The highest BCUT2D eigenvalue weighted by Gasteiger charge is 2.41. The normalized spacial score (nSPS) is 17.6. The van der Waals surface area contributed by atoms with E-state index in [0.29, 0.717) is 11.3 Å². The molecule has 0 saturated heterocycles. The Morgan fingerprint density at radius 3 is 1.79 bits per heavy atom. The second-order valence-electron chi connectivity index (χ2n) is 14.0. The van der Waals surface area contributed by atoms with Gasteiger partial charge >= 0.3 is 0 Å². The molecule has 2 aliphatic rings. The fraction of sp³-hybridized carbons (Fsp3) is 0.548. The van der Waals surface area contributed by atoms with Crippen LogP contribution < -0.4 is 13.6 Å². The van der Waals surface area contributed by atoms with Crippen LogP contribution in [0.3, 0.4) is 0 Å². The molecule has 1 aliphatic carbocycles. The van der Waals surface area contributed by atoms with Crippen LogP contribution in [0.1, 0.15) is 65.5 Å². The molecule has 1 atom stereocenters. The summed E-state index contributed by atoms with van der Waals surface area (Å²) < 4.78 is 19.2. The molecule has 1 heterocycles. The quantitative estimate of drug-likeness (QED) is 0.337. The molecule has 0 amide bonds. The Morgan fingerprint density at radius 2 is 1.32 bits per heavy atom. The second kappa shape index (κ2) is 9.75. The highest BCUT2D eigenvalue weighted by molar-refractivity contribution is 6.75. The summed E-state index contributed by atoms with van der Waals surface area (Å²) in [6.07, 6.45) is 1.40. The molecule has 0 radical (unpaired) electrons. The standard InChI is InChI=1S/C31H46O5Si2/c1-30(2,3)37(7,8)35-21-13-15-23(26(32)17-21)25-19-34-27-18-22(36-38(9,10)31(4,5)6)14-16-24(27)28(25)29(33)20-11-12-20/h13-18,20,29,32-33H,11-12,19H2,1-10H3. The monoisotopic (exact) mass is 554 g/mol. The molecule has 1 fully saturated rings. The molecule has 208 valence electrons. The van der Waals surface area contributed by atoms with Gasteiger partial charge in [0.1, 0.15) is 29.6 Å². The topological polar surface area (TPSA) is 68.2 Å². The van der Waals surface area contributed by atoms with E-state index in [1.165, 1.54) is 0 Å². The molecule has 2 aromatic rings. The molecular weight excluding hydrogens is 509 g/mol. The number of rotatable bonds is 7. The van der Waals surface area contributed by atoms with E-state index in [2.05, 4.69) is 67.7 Å². The molecule has 4 rings (SSSR count). The van der Waals surface area contributed by atoms with Crippen LogP contribution in [0.25, 0.3) is 11.1 Å². The number of ether oxygens (including phenoxy) is 1. The first-order valence-corrected chi connectivity index (χ1v) is 19.6. The van der Waals surface area contributed by atoms with Gasteiger partial charge in [-0.3, -0.25) is 0 Å². The van der Waals surface area contributed by atoms with E-state index in [1.54, 1.807) is 6.07 Å². The van der Waals surface area contributed by atoms with Crippen molar-refractivity contribution in [2.75, 3.05) is 6.61 Å². The van der Waals surface area contributed by atoms with Crippen LogP contribution in [-0.4, -0.2) is 39.6 Å². The summed E-state index contributed by atoms with van der Waals surface area (Å²) in [6, 6.07) is 11.5. The van der Waals surface area contributed by atoms with Crippen LogP contribution in [0.5, 0.6) is 23.0 Å². The van der Waals surface area contributed by atoms with Gasteiger partial charge in [0.05, 0.1) is 6.10 Å². The lowest BCUT2D eigenvalue weighted by atomic mass is 9.87. The lowest BCUT2D eigenvalue weighted by Crippen LogP contribution is -2.43. The third kappa shape index (κ3) is 5.70. The van der Waals surface area contributed by atoms with Gasteiger partial charge in [0, 0.05) is 28.8 Å². The third-order valence-electron chi connectivity index (χ3n) is 8.96. The number of aliphatic hydroxyl groups excluding tert-OH is 1. The first-order chi connectivity index (χ1) is 17.4. The molecule has 0 spiro atoms. The van der Waals surface area contributed by atoms with Gasteiger partial charge in [-0.1, -0.05) is 41.5 Å². The Bertz CT molecular complexity index is 1230. The number of phenolic OH excluding ortho intramolecular Hbond substituents is 1. The van der Waals surface area contributed by atoms with Crippen molar-refractivity contribution in [1.82, 2.24) is 0 Å². The summed E-state index contributed by atoms with van der Waals surface area (Å²) in [5.41, 5.74) is 3.22. The van der Waals surface area contributed by atoms with Crippen molar-refractivity contribution >= 4 is 27.8 Å². The van der Waals surface area contributed by atoms with Crippen molar-refractivity contribution in [3.05, 3.63) is 47.5 Å². The maximum Gasteiger partial charge on any atom is 0.250 e. The maximum absolute atomic E-state index is 11.4. The molecule has 7 heteroatoms. The van der Waals surface area contributed by atoms with Crippen molar-refractivity contribution in [3.63, 3.8) is 0 Å². The summed E-state index contributed by atoms with van der Waals surface area (Å²) in [4.78, 5) is 0. The Hall–Kier alpha value is -2.23. The molecular formula is C31H46O5Si2. The number of hydrogen-bond donors (Lipinski definition) is 2. The van der Waals surface area contributed by atoms with Gasteiger partial charge in [-0.25, -0.2) is 0 Å². The molecule has 38 heavy (non-hydrogen) atoms. The number of fused-ring (bicyclic) bond motifs is 1. The average molecular weight is 555 g/mol. The first kappa shape index (κ1) is 28.8. The molecule has 2 N–H and O–H groups in total. The van der Waals surface area contributed by atoms with Crippen LogP contribution >= 0.6 is 0 Å². The van der Waals surface area contributed by atoms with Crippen molar-refractivity contribution in [3.8, 4) is 23.0 Å². The Labute approximate surface area is 231 Å². The highest BCUT2D eigenvalue weighted by atomic mass is 28.4. The van der Waals surface area contributed by atoms with Gasteiger partial charge in [0.25, 0.3) is 0 Å². The Morgan fingerprint density at radius 1 is 0.816 bits per heavy atom. The minimum Gasteiger partial charge on any atom is -0.543 e. The fourth-order valence-corrected chi connectivity index (χ4v) is 6.28. The smallest absolute Gasteiger partial charge is 0.250 e. The molecule has 5 nitrogen and oxygen atoms in total. The summed E-state index contributed by atoms with van der Waals surface area (Å²) in [7, 11) is -4.05. The summed E-state index contributed by atoms with van der Waals surface area (Å²) in [6.45, 7) is 22.4. The minimum absolute atomic E-state index is 0.0550. The van der Waals surface area contributed by atoms with Crippen LogP contribution in [0.15, 0.2) is 36.4 Å². The van der Waals surface area contributed by atoms with Crippen molar-refractivity contribution in [1.29, 1.82) is 0 Å². The number of aromatic hydroxyl groups is 1. The van der Waals surface area contributed by atoms with Gasteiger partial charge in [-0.2, -0.15) is 0 Å². The zero-order valence-corrected chi connectivity index (χ0v) is 26.9. The molecule has 1 aliphatic heterocycles. The van der Waals surface area contributed by atoms with E-state index in [9.17, 15) is 10.2 Å². The Balaban J connectivity index is 1.72. The zero-order valence-electron chi connectivity index (χ0n) is 24.9. The Kier molecular flexibility index (Phi) is 7.38. The lowest BCUT2D eigenvalue weighted by molar-refractivity contribution is 0.207. The van der Waals surface area contributed by atoms with Crippen LogP contribution in [-0.2, 0) is 0 Å². The number of phenols is 1. The summed E-state index contributed by atoms with van der Waals surface area (Å²) in [5, 5.41) is 22.7. The third-order valence-corrected chi connectivity index (χ3v) is 17.7. The number of hydrogen-bond acceptors (Lipinski definition) is 5. The minimum atomic E-state index is -2.04. The highest BCUT2D eigenvalue weighted by Crippen LogP contribution is 2.49. The van der Waals surface area contributed by atoms with Gasteiger partial charge < -0.3 is 23.8 Å². The van der Waals surface area contributed by atoms with E-state index in [4.69, 9.17) is 13.6 Å². The SMILES string of the molecule is CC(C)(C)[Si](C)(C)Oc1ccc(C2=C(C(O)C3CC3)c3ccc(O[Si](C)(C)C(C)(C)C)cc3OC2)c(O)c1. The molecule has 0 bridgehead atoms. The predicted molar refractivity (Wildman–Crippen MR) is 161 cm³/mol. The fourth-order valence-electron chi connectivity index (χ4n) is 4.23. The van der Waals surface area contributed by atoms with Crippen LogP contribution in [0.2, 0.25) is 36.3 Å². The average Bonchev–Trinajstić information content (AvgIpc) is 3.61. The summed E-state index contributed by atoms with van der Waals surface area (Å²) >= 11 is 0. The lowest BCUT2D eigenvalue weighted by Gasteiger charge is -2.37. The summed E-state index contributed by atoms with van der Waals surface area (Å²) in [5.74, 6) is 2.57. The van der Waals surface area contributed by atoms with Gasteiger partial charge in [0.15, 0.2) is 0 Å². The second-order valence-corrected chi connectivity index (χ2v) is 23.5. The van der Waals surface area contributed by atoms with E-state index in [1.807, 2.05) is 30.3 Å². The van der Waals surface area contributed by atoms with Crippen LogP contribution in [0.4, 0.5) is 0 Å². The van der Waals surface area contributed by atoms with Gasteiger partial charge in [0.2, 0.25) is 16.6 Å². The van der Waals surface area contributed by atoms with E-state index >= 15 is 0 Å².